The predicted molar refractivity (Wildman–Crippen MR) is 107 cm³/mol. The van der Waals surface area contributed by atoms with E-state index < -0.39 is 5.97 Å². The van der Waals surface area contributed by atoms with Crippen LogP contribution in [-0.4, -0.2) is 25.6 Å². The van der Waals surface area contributed by atoms with E-state index >= 15 is 0 Å². The van der Waals surface area contributed by atoms with E-state index in [0.29, 0.717) is 23.2 Å². The Morgan fingerprint density at radius 1 is 1.10 bits per heavy atom. The molecule has 2 heterocycles. The number of ether oxygens (including phenoxy) is 2. The summed E-state index contributed by atoms with van der Waals surface area (Å²) in [4.78, 5) is 19.9. The maximum Gasteiger partial charge on any atom is 0.335 e. The molecule has 0 aliphatic rings. The maximum absolute atomic E-state index is 11.1. The SMILES string of the molecule is Cc1ccc(Oc2ccc3nc(COc4cccc(C(=O)O)c4)n(C)c3c2)nc1. The Bertz CT molecular complexity index is 1180. The zero-order valence-corrected chi connectivity index (χ0v) is 16.0. The molecule has 0 bridgehead atoms. The summed E-state index contributed by atoms with van der Waals surface area (Å²) in [6.45, 7) is 2.18. The summed E-state index contributed by atoms with van der Waals surface area (Å²) in [5, 5.41) is 9.09. The van der Waals surface area contributed by atoms with E-state index in [1.54, 1.807) is 18.3 Å². The second kappa shape index (κ2) is 7.63. The molecular weight excluding hydrogens is 370 g/mol. The number of hydrogen-bond acceptors (Lipinski definition) is 5. The molecule has 0 radical (unpaired) electrons. The highest BCUT2D eigenvalue weighted by Crippen LogP contribution is 2.25. The van der Waals surface area contributed by atoms with E-state index in [-0.39, 0.29) is 12.2 Å². The fraction of sp³-hybridized carbons (Fsp3) is 0.136. The first-order valence-electron chi connectivity index (χ1n) is 9.01. The fourth-order valence-electron chi connectivity index (χ4n) is 2.91. The first-order chi connectivity index (χ1) is 14.0. The van der Waals surface area contributed by atoms with E-state index in [0.717, 1.165) is 16.6 Å². The van der Waals surface area contributed by atoms with Crippen molar-refractivity contribution in [1.29, 1.82) is 0 Å². The van der Waals surface area contributed by atoms with Gasteiger partial charge in [0, 0.05) is 25.4 Å². The van der Waals surface area contributed by atoms with Crippen molar-refractivity contribution in [3.8, 4) is 17.4 Å². The zero-order valence-electron chi connectivity index (χ0n) is 16.0. The average Bonchev–Trinajstić information content (AvgIpc) is 3.04. The molecule has 7 nitrogen and oxygen atoms in total. The second-order valence-electron chi connectivity index (χ2n) is 6.64. The van der Waals surface area contributed by atoms with Gasteiger partial charge in [0.2, 0.25) is 5.88 Å². The minimum absolute atomic E-state index is 0.180. The van der Waals surface area contributed by atoms with Gasteiger partial charge in [0.15, 0.2) is 0 Å². The normalized spacial score (nSPS) is 10.8. The molecule has 4 rings (SSSR count). The number of aryl methyl sites for hydroxylation is 2. The van der Waals surface area contributed by atoms with Crippen molar-refractivity contribution in [2.24, 2.45) is 7.05 Å². The van der Waals surface area contributed by atoms with Crippen molar-refractivity contribution in [3.63, 3.8) is 0 Å². The number of rotatable bonds is 6. The Hall–Kier alpha value is -3.87. The largest absolute Gasteiger partial charge is 0.486 e. The molecule has 7 heteroatoms. The third-order valence-corrected chi connectivity index (χ3v) is 4.50. The Labute approximate surface area is 167 Å². The fourth-order valence-corrected chi connectivity index (χ4v) is 2.91. The van der Waals surface area contributed by atoms with Crippen LogP contribution in [0, 0.1) is 6.92 Å². The molecule has 0 spiro atoms. The number of imidazole rings is 1. The van der Waals surface area contributed by atoms with Crippen molar-refractivity contribution in [2.75, 3.05) is 0 Å². The lowest BCUT2D eigenvalue weighted by atomic mass is 10.2. The number of aromatic carboxylic acids is 1. The van der Waals surface area contributed by atoms with Crippen molar-refractivity contribution >= 4 is 17.0 Å². The lowest BCUT2D eigenvalue weighted by molar-refractivity contribution is 0.0696. The molecule has 29 heavy (non-hydrogen) atoms. The molecule has 0 saturated carbocycles. The molecule has 0 atom stereocenters. The number of nitrogens with zero attached hydrogens (tertiary/aromatic N) is 3. The molecule has 0 aliphatic heterocycles. The van der Waals surface area contributed by atoms with E-state index in [1.807, 2.05) is 48.9 Å². The Kier molecular flexibility index (Phi) is 4.87. The van der Waals surface area contributed by atoms with Gasteiger partial charge in [0.05, 0.1) is 16.6 Å². The van der Waals surface area contributed by atoms with Gasteiger partial charge in [-0.15, -0.1) is 0 Å². The highest BCUT2D eigenvalue weighted by Gasteiger charge is 2.11. The van der Waals surface area contributed by atoms with Gasteiger partial charge in [0.25, 0.3) is 0 Å². The lowest BCUT2D eigenvalue weighted by Crippen LogP contribution is -2.04. The third-order valence-electron chi connectivity index (χ3n) is 4.50. The monoisotopic (exact) mass is 389 g/mol. The molecule has 0 unspecified atom stereocenters. The molecule has 0 saturated heterocycles. The molecule has 4 aromatic rings. The molecule has 2 aromatic carbocycles. The van der Waals surface area contributed by atoms with Crippen LogP contribution in [0.4, 0.5) is 0 Å². The van der Waals surface area contributed by atoms with Crippen LogP contribution in [0.15, 0.2) is 60.8 Å². The van der Waals surface area contributed by atoms with Gasteiger partial charge in [-0.1, -0.05) is 12.1 Å². The molecule has 146 valence electrons. The third kappa shape index (κ3) is 4.03. The molecule has 0 fully saturated rings. The smallest absolute Gasteiger partial charge is 0.335 e. The predicted octanol–water partition coefficient (Wildman–Crippen LogP) is 4.35. The number of carboxylic acid groups (broad SMARTS) is 1. The quantitative estimate of drug-likeness (QED) is 0.528. The summed E-state index contributed by atoms with van der Waals surface area (Å²) in [6, 6.07) is 15.8. The van der Waals surface area contributed by atoms with Crippen LogP contribution < -0.4 is 9.47 Å². The van der Waals surface area contributed by atoms with Crippen molar-refractivity contribution in [1.82, 2.24) is 14.5 Å². The lowest BCUT2D eigenvalue weighted by Gasteiger charge is -2.07. The van der Waals surface area contributed by atoms with Gasteiger partial charge in [-0.3, -0.25) is 0 Å². The first kappa shape index (κ1) is 18.5. The minimum atomic E-state index is -0.992. The van der Waals surface area contributed by atoms with Crippen LogP contribution in [0.5, 0.6) is 17.4 Å². The van der Waals surface area contributed by atoms with Crippen LogP contribution >= 0.6 is 0 Å². The molecule has 0 aliphatic carbocycles. The van der Waals surface area contributed by atoms with E-state index in [1.165, 1.54) is 12.1 Å². The number of benzene rings is 2. The van der Waals surface area contributed by atoms with E-state index in [9.17, 15) is 4.79 Å². The molecule has 2 aromatic heterocycles. The number of pyridine rings is 1. The highest BCUT2D eigenvalue weighted by atomic mass is 16.5. The number of carboxylic acids is 1. The summed E-state index contributed by atoms with van der Waals surface area (Å²) < 4.78 is 13.5. The molecular formula is C22H19N3O4. The van der Waals surface area contributed by atoms with Crippen LogP contribution in [0.3, 0.4) is 0 Å². The Balaban J connectivity index is 1.53. The molecule has 0 amide bonds. The van der Waals surface area contributed by atoms with Gasteiger partial charge < -0.3 is 19.1 Å². The maximum atomic E-state index is 11.1. The highest BCUT2D eigenvalue weighted by molar-refractivity contribution is 5.88. The van der Waals surface area contributed by atoms with Gasteiger partial charge in [0.1, 0.15) is 23.9 Å². The topological polar surface area (TPSA) is 86.5 Å². The van der Waals surface area contributed by atoms with Crippen LogP contribution in [0.2, 0.25) is 0 Å². The average molecular weight is 389 g/mol. The van der Waals surface area contributed by atoms with Crippen LogP contribution in [0.25, 0.3) is 11.0 Å². The summed E-state index contributed by atoms with van der Waals surface area (Å²) >= 11 is 0. The number of fused-ring (bicyclic) bond motifs is 1. The van der Waals surface area contributed by atoms with Gasteiger partial charge in [-0.2, -0.15) is 0 Å². The van der Waals surface area contributed by atoms with Gasteiger partial charge >= 0.3 is 5.97 Å². The van der Waals surface area contributed by atoms with Crippen molar-refractivity contribution < 1.29 is 19.4 Å². The first-order valence-corrected chi connectivity index (χ1v) is 9.01. The Morgan fingerprint density at radius 3 is 2.72 bits per heavy atom. The minimum Gasteiger partial charge on any atom is -0.486 e. The second-order valence-corrected chi connectivity index (χ2v) is 6.64. The summed E-state index contributed by atoms with van der Waals surface area (Å²) in [5.74, 6) is 1.39. The van der Waals surface area contributed by atoms with E-state index in [2.05, 4.69) is 9.97 Å². The summed E-state index contributed by atoms with van der Waals surface area (Å²) in [6.07, 6.45) is 1.76. The number of carbonyl (C=O) groups is 1. The van der Waals surface area contributed by atoms with Gasteiger partial charge in [-0.05, 0) is 42.8 Å². The van der Waals surface area contributed by atoms with Crippen molar-refractivity contribution in [2.45, 2.75) is 13.5 Å². The zero-order chi connectivity index (χ0) is 20.4. The van der Waals surface area contributed by atoms with Crippen LogP contribution in [-0.2, 0) is 13.7 Å². The van der Waals surface area contributed by atoms with Gasteiger partial charge in [-0.25, -0.2) is 14.8 Å². The number of hydrogen-bond donors (Lipinski definition) is 1. The molecule has 1 N–H and O–H groups in total. The van der Waals surface area contributed by atoms with Crippen molar-refractivity contribution in [3.05, 3.63) is 77.7 Å². The summed E-state index contributed by atoms with van der Waals surface area (Å²) in [5.41, 5.74) is 2.96. The summed E-state index contributed by atoms with van der Waals surface area (Å²) in [7, 11) is 1.90. The Morgan fingerprint density at radius 2 is 1.97 bits per heavy atom. The standard InChI is InChI=1S/C22H19N3O4/c1-14-6-9-21(23-12-14)29-17-7-8-18-19(11-17)25(2)20(24-18)13-28-16-5-3-4-15(10-16)22(26)27/h3-12H,13H2,1-2H3,(H,26,27). The van der Waals surface area contributed by atoms with E-state index in [4.69, 9.17) is 14.6 Å². The van der Waals surface area contributed by atoms with Crippen LogP contribution in [0.1, 0.15) is 21.7 Å². The number of aromatic nitrogens is 3.